The zero-order valence-corrected chi connectivity index (χ0v) is 13.8. The highest BCUT2D eigenvalue weighted by molar-refractivity contribution is 7.80. The molecule has 0 amide bonds. The van der Waals surface area contributed by atoms with Gasteiger partial charge < -0.3 is 20.4 Å². The van der Waals surface area contributed by atoms with Crippen LogP contribution < -0.4 is 15.4 Å². The summed E-state index contributed by atoms with van der Waals surface area (Å²) in [7, 11) is 1.66. The number of nitrogens with one attached hydrogen (secondary N) is 3. The normalized spacial score (nSPS) is 11.9. The van der Waals surface area contributed by atoms with E-state index in [-0.39, 0.29) is 6.04 Å². The minimum atomic E-state index is 0.0943. The Labute approximate surface area is 140 Å². The third-order valence-corrected chi connectivity index (χ3v) is 3.86. The fourth-order valence-electron chi connectivity index (χ4n) is 2.35. The van der Waals surface area contributed by atoms with Crippen LogP contribution in [0.4, 0.5) is 5.69 Å². The van der Waals surface area contributed by atoms with Gasteiger partial charge >= 0.3 is 0 Å². The molecule has 1 aromatic heterocycles. The van der Waals surface area contributed by atoms with Crippen molar-refractivity contribution in [2.24, 2.45) is 0 Å². The molecule has 2 aromatic carbocycles. The molecule has 0 unspecified atom stereocenters. The van der Waals surface area contributed by atoms with Crippen molar-refractivity contribution in [1.29, 1.82) is 0 Å². The molecule has 0 spiro atoms. The van der Waals surface area contributed by atoms with Gasteiger partial charge in [0.25, 0.3) is 0 Å². The number of fused-ring (bicyclic) bond motifs is 1. The Balaban J connectivity index is 1.63. The van der Waals surface area contributed by atoms with Crippen molar-refractivity contribution in [2.75, 3.05) is 12.4 Å². The zero-order chi connectivity index (χ0) is 16.2. The molecule has 0 aliphatic carbocycles. The second kappa shape index (κ2) is 6.66. The maximum absolute atomic E-state index is 5.39. The number of thiocarbonyl (C=S) groups is 1. The number of nitrogens with zero attached hydrogens (tertiary/aromatic N) is 1. The monoisotopic (exact) mass is 326 g/mol. The van der Waals surface area contributed by atoms with E-state index in [1.54, 1.807) is 13.4 Å². The van der Waals surface area contributed by atoms with E-state index in [2.05, 4.69) is 27.5 Å². The molecule has 118 valence electrons. The van der Waals surface area contributed by atoms with Gasteiger partial charge in [-0.25, -0.2) is 4.98 Å². The summed E-state index contributed by atoms with van der Waals surface area (Å²) >= 11 is 5.39. The third kappa shape index (κ3) is 3.60. The lowest BCUT2D eigenvalue weighted by Gasteiger charge is -2.17. The maximum atomic E-state index is 5.39. The van der Waals surface area contributed by atoms with Gasteiger partial charge in [-0.3, -0.25) is 0 Å². The minimum absolute atomic E-state index is 0.0943. The molecule has 0 saturated carbocycles. The second-order valence-electron chi connectivity index (χ2n) is 5.23. The smallest absolute Gasteiger partial charge is 0.171 e. The van der Waals surface area contributed by atoms with E-state index in [4.69, 9.17) is 17.0 Å². The summed E-state index contributed by atoms with van der Waals surface area (Å²) in [5.41, 5.74) is 3.96. The average molecular weight is 326 g/mol. The van der Waals surface area contributed by atoms with Crippen LogP contribution in [0, 0.1) is 0 Å². The molecule has 0 saturated heterocycles. The van der Waals surface area contributed by atoms with Crippen LogP contribution in [0.1, 0.15) is 18.5 Å². The molecule has 3 aromatic rings. The number of hydrogen-bond donors (Lipinski definition) is 3. The summed E-state index contributed by atoms with van der Waals surface area (Å²) in [6.07, 6.45) is 1.68. The number of anilines is 1. The molecule has 0 aliphatic rings. The lowest BCUT2D eigenvalue weighted by atomic mass is 10.1. The minimum Gasteiger partial charge on any atom is -0.497 e. The molecule has 0 bridgehead atoms. The SMILES string of the molecule is COc1ccc([C@@H](C)NC(=S)Nc2ccc3nc[nH]c3c2)cc1. The number of hydrogen-bond acceptors (Lipinski definition) is 3. The average Bonchev–Trinajstić information content (AvgIpc) is 3.02. The van der Waals surface area contributed by atoms with Crippen molar-refractivity contribution >= 4 is 34.1 Å². The summed E-state index contributed by atoms with van der Waals surface area (Å²) in [6, 6.07) is 13.9. The summed E-state index contributed by atoms with van der Waals surface area (Å²) < 4.78 is 5.17. The topological polar surface area (TPSA) is 62.0 Å². The van der Waals surface area contributed by atoms with E-state index in [0.29, 0.717) is 5.11 Å². The van der Waals surface area contributed by atoms with E-state index in [9.17, 15) is 0 Å². The predicted octanol–water partition coefficient (Wildman–Crippen LogP) is 3.62. The Kier molecular flexibility index (Phi) is 4.43. The highest BCUT2D eigenvalue weighted by atomic mass is 32.1. The van der Waals surface area contributed by atoms with Crippen LogP contribution in [0.2, 0.25) is 0 Å². The van der Waals surface area contributed by atoms with Crippen molar-refractivity contribution in [3.8, 4) is 5.75 Å². The van der Waals surface area contributed by atoms with Crippen LogP contribution in [-0.2, 0) is 0 Å². The van der Waals surface area contributed by atoms with Crippen LogP contribution in [0.25, 0.3) is 11.0 Å². The molecule has 0 aliphatic heterocycles. The van der Waals surface area contributed by atoms with Crippen LogP contribution >= 0.6 is 12.2 Å². The maximum Gasteiger partial charge on any atom is 0.171 e. The van der Waals surface area contributed by atoms with Crippen LogP contribution in [0.3, 0.4) is 0 Å². The molecule has 5 nitrogen and oxygen atoms in total. The van der Waals surface area contributed by atoms with Gasteiger partial charge in [0, 0.05) is 5.69 Å². The molecular weight excluding hydrogens is 308 g/mol. The van der Waals surface area contributed by atoms with E-state index in [1.165, 1.54) is 0 Å². The lowest BCUT2D eigenvalue weighted by Crippen LogP contribution is -2.30. The van der Waals surface area contributed by atoms with E-state index < -0.39 is 0 Å². The van der Waals surface area contributed by atoms with Crippen LogP contribution in [0.5, 0.6) is 5.75 Å². The van der Waals surface area contributed by atoms with Crippen LogP contribution in [0.15, 0.2) is 48.8 Å². The van der Waals surface area contributed by atoms with E-state index in [0.717, 1.165) is 28.0 Å². The number of aromatic nitrogens is 2. The fraction of sp³-hybridized carbons (Fsp3) is 0.176. The number of H-pyrrole nitrogens is 1. The molecular formula is C17H18N4OS. The van der Waals surface area contributed by atoms with Gasteiger partial charge in [-0.15, -0.1) is 0 Å². The lowest BCUT2D eigenvalue weighted by molar-refractivity contribution is 0.414. The number of ether oxygens (including phenoxy) is 1. The van der Waals surface area contributed by atoms with E-state index >= 15 is 0 Å². The number of aromatic amines is 1. The van der Waals surface area contributed by atoms with Crippen molar-refractivity contribution in [3.05, 3.63) is 54.4 Å². The number of imidazole rings is 1. The first kappa shape index (κ1) is 15.3. The third-order valence-electron chi connectivity index (χ3n) is 3.64. The van der Waals surface area contributed by atoms with Gasteiger partial charge in [-0.2, -0.15) is 0 Å². The first-order chi connectivity index (χ1) is 11.2. The van der Waals surface area contributed by atoms with E-state index in [1.807, 2.05) is 42.5 Å². The first-order valence-corrected chi connectivity index (χ1v) is 7.71. The molecule has 6 heteroatoms. The summed E-state index contributed by atoms with van der Waals surface area (Å²) in [4.78, 5) is 7.28. The Morgan fingerprint density at radius 1 is 1.22 bits per heavy atom. The molecule has 1 heterocycles. The highest BCUT2D eigenvalue weighted by Crippen LogP contribution is 2.18. The number of rotatable bonds is 4. The Bertz CT molecular complexity index is 813. The fourth-order valence-corrected chi connectivity index (χ4v) is 2.65. The molecule has 3 N–H and O–H groups in total. The molecule has 0 radical (unpaired) electrons. The van der Waals surface area contributed by atoms with Gasteiger partial charge in [0.2, 0.25) is 0 Å². The van der Waals surface area contributed by atoms with Crippen molar-refractivity contribution in [2.45, 2.75) is 13.0 Å². The highest BCUT2D eigenvalue weighted by Gasteiger charge is 2.08. The Hall–Kier alpha value is -2.60. The molecule has 3 rings (SSSR count). The van der Waals surface area contributed by atoms with Crippen molar-refractivity contribution < 1.29 is 4.74 Å². The van der Waals surface area contributed by atoms with Gasteiger partial charge in [0.05, 0.1) is 30.5 Å². The Morgan fingerprint density at radius 2 is 2.00 bits per heavy atom. The second-order valence-corrected chi connectivity index (χ2v) is 5.64. The quantitative estimate of drug-likeness (QED) is 0.639. The molecule has 1 atom stereocenters. The van der Waals surface area contributed by atoms with Crippen molar-refractivity contribution in [1.82, 2.24) is 15.3 Å². The van der Waals surface area contributed by atoms with Gasteiger partial charge in [0.1, 0.15) is 5.75 Å². The Morgan fingerprint density at radius 3 is 2.74 bits per heavy atom. The number of methoxy groups -OCH3 is 1. The summed E-state index contributed by atoms with van der Waals surface area (Å²) in [5, 5.41) is 7.05. The van der Waals surface area contributed by atoms with Crippen molar-refractivity contribution in [3.63, 3.8) is 0 Å². The number of benzene rings is 2. The zero-order valence-electron chi connectivity index (χ0n) is 13.0. The molecule has 0 fully saturated rings. The standard InChI is InChI=1S/C17H18N4OS/c1-11(12-3-6-14(22-2)7-4-12)20-17(23)21-13-5-8-15-16(9-13)19-10-18-15/h3-11H,1-2H3,(H,18,19)(H2,20,21,23)/t11-/m1/s1. The summed E-state index contributed by atoms with van der Waals surface area (Å²) in [6.45, 7) is 2.06. The van der Waals surface area contributed by atoms with Gasteiger partial charge in [-0.05, 0) is 55.0 Å². The van der Waals surface area contributed by atoms with Gasteiger partial charge in [-0.1, -0.05) is 12.1 Å². The van der Waals surface area contributed by atoms with Gasteiger partial charge in [0.15, 0.2) is 5.11 Å². The summed E-state index contributed by atoms with van der Waals surface area (Å²) in [5.74, 6) is 0.842. The molecule has 23 heavy (non-hydrogen) atoms. The van der Waals surface area contributed by atoms with Crippen LogP contribution in [-0.4, -0.2) is 22.2 Å². The largest absolute Gasteiger partial charge is 0.497 e. The predicted molar refractivity (Wildman–Crippen MR) is 96.9 cm³/mol. The first-order valence-electron chi connectivity index (χ1n) is 7.30.